The third-order valence-electron chi connectivity index (χ3n) is 6.77. The summed E-state index contributed by atoms with van der Waals surface area (Å²) in [4.78, 5) is 83.3. The van der Waals surface area contributed by atoms with Crippen molar-refractivity contribution in [1.29, 1.82) is 0 Å². The number of benzene rings is 2. The van der Waals surface area contributed by atoms with E-state index < -0.39 is 73.1 Å². The van der Waals surface area contributed by atoms with Crippen LogP contribution in [0.3, 0.4) is 0 Å². The monoisotopic (exact) mass is 606 g/mol. The number of halogens is 1. The van der Waals surface area contributed by atoms with Gasteiger partial charge in [0.15, 0.2) is 0 Å². The van der Waals surface area contributed by atoms with Crippen LogP contribution in [0.4, 0.5) is 9.18 Å². The van der Waals surface area contributed by atoms with Crippen LogP contribution in [0, 0.1) is 5.82 Å². The summed E-state index contributed by atoms with van der Waals surface area (Å²) in [6, 6.07) is 3.24. The van der Waals surface area contributed by atoms with Crippen LogP contribution in [0.1, 0.15) is 34.5 Å². The maximum atomic E-state index is 15.1. The van der Waals surface area contributed by atoms with E-state index in [2.05, 4.69) is 10.6 Å². The van der Waals surface area contributed by atoms with Crippen LogP contribution in [0.2, 0.25) is 0 Å². The number of rotatable bonds is 7. The van der Waals surface area contributed by atoms with Crippen molar-refractivity contribution >= 4 is 49.7 Å². The fourth-order valence-corrected chi connectivity index (χ4v) is 5.12. The summed E-state index contributed by atoms with van der Waals surface area (Å²) >= 11 is 0. The molecule has 2 aromatic rings. The molecule has 18 heteroatoms. The molecule has 1 unspecified atom stereocenters. The van der Waals surface area contributed by atoms with Gasteiger partial charge in [0.1, 0.15) is 17.6 Å². The van der Waals surface area contributed by atoms with Gasteiger partial charge in [-0.2, -0.15) is 0 Å². The summed E-state index contributed by atoms with van der Waals surface area (Å²) in [5, 5.41) is 23.8. The van der Waals surface area contributed by atoms with Crippen LogP contribution in [-0.4, -0.2) is 92.1 Å². The lowest BCUT2D eigenvalue weighted by atomic mass is 9.72. The Hall–Kier alpha value is -4.31. The van der Waals surface area contributed by atoms with E-state index in [0.29, 0.717) is 16.5 Å². The van der Waals surface area contributed by atoms with Crippen molar-refractivity contribution in [3.63, 3.8) is 0 Å². The molecule has 0 radical (unpaired) electrons. The first-order valence-electron chi connectivity index (χ1n) is 12.5. The molecule has 2 aliphatic rings. The lowest BCUT2D eigenvalue weighted by Gasteiger charge is -2.33. The minimum absolute atomic E-state index is 0.0139. The number of carbonyl (C=O) groups excluding carboxylic acids is 4. The predicted molar refractivity (Wildman–Crippen MR) is 141 cm³/mol. The summed E-state index contributed by atoms with van der Waals surface area (Å²) in [6.45, 7) is 1.64. The number of imide groups is 1. The van der Waals surface area contributed by atoms with Crippen LogP contribution in [0.15, 0.2) is 36.4 Å². The lowest BCUT2D eigenvalue weighted by Crippen LogP contribution is -2.60. The van der Waals surface area contributed by atoms with Crippen LogP contribution >= 0.6 is 7.60 Å². The van der Waals surface area contributed by atoms with Gasteiger partial charge in [0.2, 0.25) is 5.91 Å². The highest BCUT2D eigenvalue weighted by atomic mass is 31.2. The average molecular weight is 606 g/mol. The SMILES string of the molecule is CCN1CCN(C(=O)NC(C(=O)N[C@H]2Cc3cccc(C(=O)O)c3OB2O)c2ccc(P(=O)(O)O)cc2F)C(=O)C1=O. The van der Waals surface area contributed by atoms with Gasteiger partial charge in [-0.05, 0) is 37.1 Å². The van der Waals surface area contributed by atoms with Gasteiger partial charge in [0, 0.05) is 25.2 Å². The van der Waals surface area contributed by atoms with Crippen molar-refractivity contribution in [2.24, 2.45) is 0 Å². The molecule has 5 amide bonds. The van der Waals surface area contributed by atoms with E-state index in [1.807, 2.05) is 0 Å². The predicted octanol–water partition coefficient (Wildman–Crippen LogP) is -1.09. The van der Waals surface area contributed by atoms with Gasteiger partial charge in [-0.15, -0.1) is 0 Å². The number of hydrogen-bond donors (Lipinski definition) is 6. The van der Waals surface area contributed by atoms with Gasteiger partial charge in [0.25, 0.3) is 0 Å². The molecule has 2 heterocycles. The summed E-state index contributed by atoms with van der Waals surface area (Å²) in [5.74, 6) is -7.19. The molecular weight excluding hydrogens is 581 g/mol. The van der Waals surface area contributed by atoms with Gasteiger partial charge < -0.3 is 40.1 Å². The Morgan fingerprint density at radius 2 is 1.88 bits per heavy atom. The Morgan fingerprint density at radius 1 is 1.17 bits per heavy atom. The molecule has 0 aliphatic carbocycles. The number of hydrogen-bond acceptors (Lipinski definition) is 8. The highest BCUT2D eigenvalue weighted by Crippen LogP contribution is 2.34. The van der Waals surface area contributed by atoms with E-state index >= 15 is 4.39 Å². The number of para-hydroxylation sites is 1. The van der Waals surface area contributed by atoms with E-state index in [4.69, 9.17) is 4.65 Å². The Kier molecular flexibility index (Phi) is 8.68. The Bertz CT molecular complexity index is 1520. The van der Waals surface area contributed by atoms with Crippen LogP contribution < -0.4 is 20.6 Å². The number of amides is 5. The molecule has 2 aliphatic heterocycles. The van der Waals surface area contributed by atoms with E-state index in [0.717, 1.165) is 12.1 Å². The number of aromatic carboxylic acids is 1. The number of carboxylic acid groups (broad SMARTS) is 1. The molecule has 2 atom stereocenters. The van der Waals surface area contributed by atoms with Crippen molar-refractivity contribution in [1.82, 2.24) is 20.4 Å². The van der Waals surface area contributed by atoms with Crippen molar-refractivity contribution < 1.29 is 57.5 Å². The third kappa shape index (κ3) is 6.13. The Morgan fingerprint density at radius 3 is 2.50 bits per heavy atom. The standard InChI is InChI=1S/C24H25BFN4O11P/c1-2-29-8-9-30(22(33)21(29)32)24(36)28-18(14-7-6-13(11-16(14)26)42(38,39)40)20(31)27-17-10-12-4-3-5-15(23(34)35)19(12)41-25(17)37/h3-7,11,17-18,37H,2,8-10H2,1H3,(H,27,31)(H,28,36)(H,34,35)(H2,38,39,40)/t17-,18?/m0/s1. The maximum Gasteiger partial charge on any atom is 0.547 e. The molecule has 222 valence electrons. The molecule has 0 spiro atoms. The number of carboxylic acids is 1. The number of piperazine rings is 1. The number of nitrogens with one attached hydrogen (secondary N) is 2. The first-order valence-corrected chi connectivity index (χ1v) is 14.1. The fourth-order valence-electron chi connectivity index (χ4n) is 4.57. The zero-order valence-electron chi connectivity index (χ0n) is 21.9. The quantitative estimate of drug-likeness (QED) is 0.126. The average Bonchev–Trinajstić information content (AvgIpc) is 2.92. The summed E-state index contributed by atoms with van der Waals surface area (Å²) < 4.78 is 32.1. The van der Waals surface area contributed by atoms with Gasteiger partial charge in [-0.25, -0.2) is 14.0 Å². The van der Waals surface area contributed by atoms with Crippen molar-refractivity contribution in [3.05, 3.63) is 58.9 Å². The maximum absolute atomic E-state index is 15.1. The van der Waals surface area contributed by atoms with Gasteiger partial charge >= 0.3 is 38.5 Å². The topological polar surface area (TPSA) is 223 Å². The van der Waals surface area contributed by atoms with Crippen molar-refractivity contribution in [3.8, 4) is 5.75 Å². The minimum atomic E-state index is -4.89. The summed E-state index contributed by atoms with van der Waals surface area (Å²) in [6.07, 6.45) is -0.129. The highest BCUT2D eigenvalue weighted by molar-refractivity contribution is 7.60. The number of carbonyl (C=O) groups is 5. The highest BCUT2D eigenvalue weighted by Gasteiger charge is 2.41. The molecule has 0 saturated carbocycles. The largest absolute Gasteiger partial charge is 0.547 e. The number of likely N-dealkylation sites (N-methyl/N-ethyl adjacent to an activating group) is 1. The molecular formula is C24H25BFN4O11P. The van der Waals surface area contributed by atoms with Gasteiger partial charge in [-0.3, -0.25) is 23.8 Å². The Labute approximate surface area is 237 Å². The lowest BCUT2D eigenvalue weighted by molar-refractivity contribution is -0.153. The van der Waals surface area contributed by atoms with Crippen molar-refractivity contribution in [2.75, 3.05) is 19.6 Å². The number of fused-ring (bicyclic) bond motifs is 1. The second kappa shape index (κ2) is 11.9. The molecule has 1 saturated heterocycles. The molecule has 4 rings (SSSR count). The zero-order valence-corrected chi connectivity index (χ0v) is 22.8. The van der Waals surface area contributed by atoms with E-state index in [1.54, 1.807) is 6.92 Å². The normalized spacial score (nSPS) is 17.7. The van der Waals surface area contributed by atoms with E-state index in [1.165, 1.54) is 23.1 Å². The fraction of sp³-hybridized carbons (Fsp3) is 0.292. The minimum Gasteiger partial charge on any atom is -0.534 e. The van der Waals surface area contributed by atoms with Gasteiger partial charge in [-0.1, -0.05) is 18.2 Å². The number of nitrogens with zero attached hydrogens (tertiary/aromatic N) is 2. The van der Waals surface area contributed by atoms with E-state index in [-0.39, 0.29) is 37.4 Å². The number of urea groups is 1. The molecule has 15 nitrogen and oxygen atoms in total. The van der Waals surface area contributed by atoms with Crippen LogP contribution in [-0.2, 0) is 25.4 Å². The molecule has 42 heavy (non-hydrogen) atoms. The van der Waals surface area contributed by atoms with Crippen LogP contribution in [0.5, 0.6) is 5.75 Å². The first kappa shape index (κ1) is 30.6. The molecule has 0 bridgehead atoms. The molecule has 1 fully saturated rings. The first-order chi connectivity index (χ1) is 19.7. The van der Waals surface area contributed by atoms with E-state index in [9.17, 15) is 48.5 Å². The second-order valence-electron chi connectivity index (χ2n) is 9.40. The third-order valence-corrected chi connectivity index (χ3v) is 7.73. The summed E-state index contributed by atoms with van der Waals surface area (Å²) in [5.41, 5.74) is -0.457. The Balaban J connectivity index is 1.63. The van der Waals surface area contributed by atoms with Gasteiger partial charge in [0.05, 0.1) is 16.8 Å². The molecule has 6 N–H and O–H groups in total. The second-order valence-corrected chi connectivity index (χ2v) is 11.0. The van der Waals surface area contributed by atoms with Crippen LogP contribution in [0.25, 0.3) is 0 Å². The smallest absolute Gasteiger partial charge is 0.534 e. The van der Waals surface area contributed by atoms with Crippen molar-refractivity contribution in [2.45, 2.75) is 25.3 Å². The molecule has 0 aromatic heterocycles. The zero-order chi connectivity index (χ0) is 30.9. The molecule has 2 aromatic carbocycles. The summed E-state index contributed by atoms with van der Waals surface area (Å²) in [7, 11) is -6.65.